The summed E-state index contributed by atoms with van der Waals surface area (Å²) in [5.41, 5.74) is 1.71. The van der Waals surface area contributed by atoms with E-state index in [2.05, 4.69) is 0 Å². The third kappa shape index (κ3) is 4.61. The van der Waals surface area contributed by atoms with Crippen molar-refractivity contribution >= 4 is 23.4 Å². The summed E-state index contributed by atoms with van der Waals surface area (Å²) in [4.78, 5) is 28.0. The highest BCUT2D eigenvalue weighted by Gasteiger charge is 2.27. The van der Waals surface area contributed by atoms with E-state index in [1.807, 2.05) is 30.3 Å². The van der Waals surface area contributed by atoms with Gasteiger partial charge in [0.1, 0.15) is 5.75 Å². The van der Waals surface area contributed by atoms with Crippen molar-refractivity contribution in [2.75, 3.05) is 26.2 Å². The zero-order valence-corrected chi connectivity index (χ0v) is 16.0. The molecule has 0 bridgehead atoms. The molecule has 1 aliphatic rings. The van der Waals surface area contributed by atoms with E-state index in [0.717, 1.165) is 11.1 Å². The van der Waals surface area contributed by atoms with Crippen molar-refractivity contribution in [3.05, 3.63) is 64.7 Å². The first kappa shape index (κ1) is 19.2. The lowest BCUT2D eigenvalue weighted by molar-refractivity contribution is -0.138. The summed E-state index contributed by atoms with van der Waals surface area (Å²) in [5.74, 6) is -0.0292. The van der Waals surface area contributed by atoms with E-state index in [9.17, 15) is 14.7 Å². The molecule has 0 aromatic heterocycles. The highest BCUT2D eigenvalue weighted by atomic mass is 35.5. The Bertz CT molecular complexity index is 832. The Morgan fingerprint density at radius 1 is 1.04 bits per heavy atom. The van der Waals surface area contributed by atoms with Crippen LogP contribution in [0.4, 0.5) is 0 Å². The number of nitrogens with zero attached hydrogens (tertiary/aromatic N) is 2. The Morgan fingerprint density at radius 3 is 2.33 bits per heavy atom. The first-order chi connectivity index (χ1) is 13.0. The van der Waals surface area contributed by atoms with E-state index >= 15 is 0 Å². The predicted octanol–water partition coefficient (Wildman–Crippen LogP) is 3.26. The van der Waals surface area contributed by atoms with E-state index in [1.54, 1.807) is 34.9 Å². The van der Waals surface area contributed by atoms with E-state index in [-0.39, 0.29) is 29.9 Å². The minimum Gasteiger partial charge on any atom is -0.508 e. The fourth-order valence-corrected chi connectivity index (χ4v) is 3.75. The smallest absolute Gasteiger partial charge is 0.223 e. The molecule has 2 aromatic rings. The molecule has 1 fully saturated rings. The van der Waals surface area contributed by atoms with E-state index in [1.165, 1.54) is 0 Å². The van der Waals surface area contributed by atoms with Crippen LogP contribution >= 0.6 is 11.6 Å². The van der Waals surface area contributed by atoms with E-state index in [0.29, 0.717) is 31.2 Å². The van der Waals surface area contributed by atoms with Gasteiger partial charge in [-0.1, -0.05) is 41.9 Å². The maximum Gasteiger partial charge on any atom is 0.223 e. The minimum atomic E-state index is -0.246. The number of hydrogen-bond acceptors (Lipinski definition) is 3. The number of amides is 2. The monoisotopic (exact) mass is 386 g/mol. The summed E-state index contributed by atoms with van der Waals surface area (Å²) in [6.45, 7) is 3.74. The van der Waals surface area contributed by atoms with Crippen LogP contribution in [0.5, 0.6) is 5.75 Å². The number of piperazine rings is 1. The lowest BCUT2D eigenvalue weighted by Gasteiger charge is -2.35. The molecule has 1 heterocycles. The lowest BCUT2D eigenvalue weighted by Crippen LogP contribution is -2.50. The number of halogens is 1. The minimum absolute atomic E-state index is 0.0199. The average Bonchev–Trinajstić information content (AvgIpc) is 2.66. The molecule has 1 N–H and O–H groups in total. The first-order valence-electron chi connectivity index (χ1n) is 9.02. The molecule has 0 unspecified atom stereocenters. The lowest BCUT2D eigenvalue weighted by atomic mass is 9.87. The maximum absolute atomic E-state index is 12.9. The molecule has 5 nitrogen and oxygen atoms in total. The standard InChI is InChI=1S/C21H23ClN2O3/c1-15(25)23-9-11-24(12-10-23)21(27)14-19(16-5-4-6-17(26)13-16)18-7-2-3-8-20(18)22/h2-8,13,19,26H,9-12,14H2,1H3/t19-/m0/s1. The Hall–Kier alpha value is -2.53. The SMILES string of the molecule is CC(=O)N1CCN(C(=O)C[C@@H](c2cccc(O)c2)c2ccccc2Cl)CC1. The largest absolute Gasteiger partial charge is 0.508 e. The summed E-state index contributed by atoms with van der Waals surface area (Å²) in [7, 11) is 0. The molecule has 1 aliphatic heterocycles. The van der Waals surface area contributed by atoms with Gasteiger partial charge in [0.2, 0.25) is 11.8 Å². The van der Waals surface area contributed by atoms with Crippen LogP contribution < -0.4 is 0 Å². The Balaban J connectivity index is 1.81. The van der Waals surface area contributed by atoms with Crippen molar-refractivity contribution in [3.63, 3.8) is 0 Å². The molecule has 3 rings (SSSR count). The van der Waals surface area contributed by atoms with Crippen LogP contribution in [0.15, 0.2) is 48.5 Å². The van der Waals surface area contributed by atoms with Crippen LogP contribution in [0.25, 0.3) is 0 Å². The van der Waals surface area contributed by atoms with Crippen LogP contribution in [0, 0.1) is 0 Å². The summed E-state index contributed by atoms with van der Waals surface area (Å²) in [5, 5.41) is 10.5. The normalized spacial score (nSPS) is 15.5. The fraction of sp³-hybridized carbons (Fsp3) is 0.333. The number of benzene rings is 2. The number of carbonyl (C=O) groups is 2. The summed E-state index contributed by atoms with van der Waals surface area (Å²) < 4.78 is 0. The topological polar surface area (TPSA) is 60.9 Å². The second-order valence-electron chi connectivity index (χ2n) is 6.76. The highest BCUT2D eigenvalue weighted by Crippen LogP contribution is 2.34. The molecule has 0 spiro atoms. The van der Waals surface area contributed by atoms with Gasteiger partial charge < -0.3 is 14.9 Å². The number of phenolic OH excluding ortho intramolecular Hbond substituents is 1. The number of phenols is 1. The van der Waals surface area contributed by atoms with Gasteiger partial charge in [-0.15, -0.1) is 0 Å². The molecule has 27 heavy (non-hydrogen) atoms. The van der Waals surface area contributed by atoms with Gasteiger partial charge in [0.05, 0.1) is 0 Å². The third-order valence-electron chi connectivity index (χ3n) is 5.01. The third-order valence-corrected chi connectivity index (χ3v) is 5.35. The molecule has 0 saturated carbocycles. The predicted molar refractivity (Wildman–Crippen MR) is 105 cm³/mol. The Kier molecular flexibility index (Phi) is 6.01. The summed E-state index contributed by atoms with van der Waals surface area (Å²) in [6, 6.07) is 14.4. The van der Waals surface area contributed by atoms with Gasteiger partial charge in [-0.2, -0.15) is 0 Å². The molecule has 0 aliphatic carbocycles. The van der Waals surface area contributed by atoms with Crippen molar-refractivity contribution in [3.8, 4) is 5.75 Å². The second kappa shape index (κ2) is 8.44. The van der Waals surface area contributed by atoms with Gasteiger partial charge in [0.25, 0.3) is 0 Å². The average molecular weight is 387 g/mol. The summed E-state index contributed by atoms with van der Waals surface area (Å²) in [6.07, 6.45) is 0.257. The quantitative estimate of drug-likeness (QED) is 0.877. The zero-order valence-electron chi connectivity index (χ0n) is 15.3. The molecule has 2 aromatic carbocycles. The number of hydrogen-bond donors (Lipinski definition) is 1. The van der Waals surface area contributed by atoms with E-state index in [4.69, 9.17) is 11.6 Å². The Morgan fingerprint density at radius 2 is 1.70 bits per heavy atom. The molecular formula is C21H23ClN2O3. The van der Waals surface area contributed by atoms with Gasteiger partial charge >= 0.3 is 0 Å². The highest BCUT2D eigenvalue weighted by molar-refractivity contribution is 6.31. The number of carbonyl (C=O) groups excluding carboxylic acids is 2. The van der Waals surface area contributed by atoms with Gasteiger partial charge in [-0.05, 0) is 29.3 Å². The van der Waals surface area contributed by atoms with Crippen LogP contribution in [-0.4, -0.2) is 52.9 Å². The van der Waals surface area contributed by atoms with Crippen molar-refractivity contribution in [2.24, 2.45) is 0 Å². The van der Waals surface area contributed by atoms with Gasteiger partial charge in [-0.25, -0.2) is 0 Å². The number of aromatic hydroxyl groups is 1. The van der Waals surface area contributed by atoms with Crippen molar-refractivity contribution in [1.29, 1.82) is 0 Å². The zero-order chi connectivity index (χ0) is 19.4. The molecule has 1 saturated heterocycles. The molecule has 142 valence electrons. The molecular weight excluding hydrogens is 364 g/mol. The maximum atomic E-state index is 12.9. The molecule has 0 radical (unpaired) electrons. The second-order valence-corrected chi connectivity index (χ2v) is 7.17. The van der Waals surface area contributed by atoms with Gasteiger partial charge in [0, 0.05) is 50.5 Å². The van der Waals surface area contributed by atoms with Crippen LogP contribution in [-0.2, 0) is 9.59 Å². The van der Waals surface area contributed by atoms with E-state index < -0.39 is 0 Å². The van der Waals surface area contributed by atoms with Crippen molar-refractivity contribution < 1.29 is 14.7 Å². The van der Waals surface area contributed by atoms with Crippen LogP contribution in [0.3, 0.4) is 0 Å². The van der Waals surface area contributed by atoms with Gasteiger partial charge in [0.15, 0.2) is 0 Å². The molecule has 1 atom stereocenters. The van der Waals surface area contributed by atoms with Crippen molar-refractivity contribution in [2.45, 2.75) is 19.3 Å². The summed E-state index contributed by atoms with van der Waals surface area (Å²) >= 11 is 6.40. The van der Waals surface area contributed by atoms with Crippen LogP contribution in [0.1, 0.15) is 30.4 Å². The fourth-order valence-electron chi connectivity index (χ4n) is 3.48. The molecule has 6 heteroatoms. The van der Waals surface area contributed by atoms with Crippen LogP contribution in [0.2, 0.25) is 5.02 Å². The number of rotatable bonds is 4. The Labute approximate surface area is 164 Å². The molecule has 2 amide bonds. The first-order valence-corrected chi connectivity index (χ1v) is 9.40. The van der Waals surface area contributed by atoms with Gasteiger partial charge in [-0.3, -0.25) is 9.59 Å². The van der Waals surface area contributed by atoms with Crippen molar-refractivity contribution in [1.82, 2.24) is 9.80 Å².